The van der Waals surface area contributed by atoms with Crippen LogP contribution in [0.5, 0.6) is 0 Å². The molecule has 25 heavy (non-hydrogen) atoms. The number of benzene rings is 1. The molecule has 3 aliphatic rings. The minimum atomic E-state index is 0.346. The number of amides is 1. The van der Waals surface area contributed by atoms with Crippen molar-refractivity contribution < 1.29 is 4.79 Å². The van der Waals surface area contributed by atoms with Gasteiger partial charge in [-0.3, -0.25) is 4.79 Å². The highest BCUT2D eigenvalue weighted by atomic mass is 16.2. The molecule has 2 saturated heterocycles. The Hall–Kier alpha value is -1.35. The first-order valence-electron chi connectivity index (χ1n) is 10.2. The second-order valence-electron chi connectivity index (χ2n) is 8.66. The monoisotopic (exact) mass is 340 g/mol. The minimum Gasteiger partial charge on any atom is -0.342 e. The van der Waals surface area contributed by atoms with Crippen LogP contribution in [0, 0.1) is 24.2 Å². The van der Waals surface area contributed by atoms with Gasteiger partial charge in [0.2, 0.25) is 5.91 Å². The van der Waals surface area contributed by atoms with E-state index in [2.05, 4.69) is 41.4 Å². The fourth-order valence-electron chi connectivity index (χ4n) is 4.96. The van der Waals surface area contributed by atoms with E-state index in [0.29, 0.717) is 17.2 Å². The molecular weight excluding hydrogens is 308 g/mol. The van der Waals surface area contributed by atoms with Crippen LogP contribution in [0.3, 0.4) is 0 Å². The van der Waals surface area contributed by atoms with E-state index in [1.165, 1.54) is 49.7 Å². The molecule has 2 heterocycles. The normalized spacial score (nSPS) is 26.0. The number of nitrogens with one attached hydrogen (secondary N) is 1. The Morgan fingerprint density at radius 3 is 2.52 bits per heavy atom. The molecule has 1 atom stereocenters. The van der Waals surface area contributed by atoms with Crippen molar-refractivity contribution in [2.24, 2.45) is 17.3 Å². The van der Waals surface area contributed by atoms with Gasteiger partial charge in [-0.2, -0.15) is 0 Å². The molecule has 3 fully saturated rings. The zero-order valence-electron chi connectivity index (χ0n) is 15.6. The van der Waals surface area contributed by atoms with Crippen LogP contribution in [0.15, 0.2) is 24.3 Å². The molecule has 0 aromatic heterocycles. The van der Waals surface area contributed by atoms with Gasteiger partial charge in [0.25, 0.3) is 0 Å². The summed E-state index contributed by atoms with van der Waals surface area (Å²) in [6, 6.07) is 8.95. The van der Waals surface area contributed by atoms with E-state index in [-0.39, 0.29) is 0 Å². The van der Waals surface area contributed by atoms with Crippen LogP contribution >= 0.6 is 0 Å². The Morgan fingerprint density at radius 1 is 1.16 bits per heavy atom. The lowest BCUT2D eigenvalue weighted by Gasteiger charge is -2.33. The SMILES string of the molecule is Cc1ccc(CCC2CCN(C(=O)C3CC34CCNCC4)CC2)cc1. The summed E-state index contributed by atoms with van der Waals surface area (Å²) in [5, 5.41) is 3.43. The van der Waals surface area contributed by atoms with Crippen LogP contribution in [0.1, 0.15) is 49.7 Å². The summed E-state index contributed by atoms with van der Waals surface area (Å²) in [5.41, 5.74) is 3.17. The molecule has 0 radical (unpaired) electrons. The van der Waals surface area contributed by atoms with Crippen molar-refractivity contribution in [2.75, 3.05) is 26.2 Å². The molecule has 3 nitrogen and oxygen atoms in total. The van der Waals surface area contributed by atoms with E-state index in [1.807, 2.05) is 0 Å². The molecule has 3 heteroatoms. The van der Waals surface area contributed by atoms with Gasteiger partial charge in [-0.25, -0.2) is 0 Å². The summed E-state index contributed by atoms with van der Waals surface area (Å²) in [7, 11) is 0. The van der Waals surface area contributed by atoms with Crippen LogP contribution in [0.2, 0.25) is 0 Å². The standard InChI is InChI=1S/C22H32N2O/c1-17-2-4-18(5-3-17)6-7-19-8-14-24(15-9-19)21(25)20-16-22(20)10-12-23-13-11-22/h2-5,19-20,23H,6-16H2,1H3. The summed E-state index contributed by atoms with van der Waals surface area (Å²) in [4.78, 5) is 15.0. The van der Waals surface area contributed by atoms with Crippen LogP contribution in [0.4, 0.5) is 0 Å². The number of aryl methyl sites for hydroxylation is 2. The molecule has 136 valence electrons. The number of nitrogens with zero attached hydrogens (tertiary/aromatic N) is 1. The first kappa shape index (κ1) is 17.1. The van der Waals surface area contributed by atoms with E-state index in [0.717, 1.165) is 38.5 Å². The predicted octanol–water partition coefficient (Wildman–Crippen LogP) is 3.56. The lowest BCUT2D eigenvalue weighted by Crippen LogP contribution is -2.41. The van der Waals surface area contributed by atoms with Crippen LogP contribution in [-0.2, 0) is 11.2 Å². The third-order valence-corrected chi connectivity index (χ3v) is 6.98. The Labute approximate surface area is 152 Å². The van der Waals surface area contributed by atoms with Gasteiger partial charge in [0.1, 0.15) is 0 Å². The molecule has 1 unspecified atom stereocenters. The lowest BCUT2D eigenvalue weighted by molar-refractivity contribution is -0.135. The quantitative estimate of drug-likeness (QED) is 0.909. The average molecular weight is 341 g/mol. The molecular formula is C22H32N2O. The van der Waals surface area contributed by atoms with Crippen molar-refractivity contribution in [3.05, 3.63) is 35.4 Å². The molecule has 1 saturated carbocycles. The third kappa shape index (κ3) is 3.76. The van der Waals surface area contributed by atoms with Crippen molar-refractivity contribution >= 4 is 5.91 Å². The first-order valence-corrected chi connectivity index (χ1v) is 10.2. The molecule has 0 bridgehead atoms. The Balaban J connectivity index is 1.22. The molecule has 1 aliphatic carbocycles. The van der Waals surface area contributed by atoms with Crippen molar-refractivity contribution in [1.82, 2.24) is 10.2 Å². The topological polar surface area (TPSA) is 32.3 Å². The van der Waals surface area contributed by atoms with Gasteiger partial charge in [0, 0.05) is 19.0 Å². The zero-order chi connectivity index (χ0) is 17.3. The maximum atomic E-state index is 12.9. The summed E-state index contributed by atoms with van der Waals surface area (Å²) in [6.45, 7) is 6.32. The smallest absolute Gasteiger partial charge is 0.226 e. The molecule has 1 spiro atoms. The van der Waals surface area contributed by atoms with Gasteiger partial charge in [0.05, 0.1) is 0 Å². The van der Waals surface area contributed by atoms with Gasteiger partial charge in [0.15, 0.2) is 0 Å². The number of carbonyl (C=O) groups is 1. The summed E-state index contributed by atoms with van der Waals surface area (Å²) in [5.74, 6) is 1.61. The van der Waals surface area contributed by atoms with Crippen LogP contribution in [0.25, 0.3) is 0 Å². The second-order valence-corrected chi connectivity index (χ2v) is 8.66. The van der Waals surface area contributed by atoms with E-state index in [9.17, 15) is 4.79 Å². The Morgan fingerprint density at radius 2 is 1.84 bits per heavy atom. The summed E-state index contributed by atoms with van der Waals surface area (Å²) < 4.78 is 0. The third-order valence-electron chi connectivity index (χ3n) is 6.98. The zero-order valence-corrected chi connectivity index (χ0v) is 15.6. The summed E-state index contributed by atoms with van der Waals surface area (Å²) >= 11 is 0. The highest BCUT2D eigenvalue weighted by Crippen LogP contribution is 2.59. The van der Waals surface area contributed by atoms with E-state index < -0.39 is 0 Å². The summed E-state index contributed by atoms with van der Waals surface area (Å²) in [6.07, 6.45) is 8.40. The van der Waals surface area contributed by atoms with Gasteiger partial charge in [-0.1, -0.05) is 29.8 Å². The Kier molecular flexibility index (Phi) is 4.86. The van der Waals surface area contributed by atoms with Crippen LogP contribution in [-0.4, -0.2) is 37.0 Å². The van der Waals surface area contributed by atoms with Gasteiger partial charge < -0.3 is 10.2 Å². The number of hydrogen-bond acceptors (Lipinski definition) is 2. The number of rotatable bonds is 4. The van der Waals surface area contributed by atoms with Crippen molar-refractivity contribution in [1.29, 1.82) is 0 Å². The van der Waals surface area contributed by atoms with Gasteiger partial charge in [-0.05, 0) is 81.9 Å². The largest absolute Gasteiger partial charge is 0.342 e. The second kappa shape index (κ2) is 7.11. The first-order chi connectivity index (χ1) is 12.2. The van der Waals surface area contributed by atoms with E-state index in [4.69, 9.17) is 0 Å². The molecule has 1 amide bonds. The molecule has 1 aromatic carbocycles. The highest BCUT2D eigenvalue weighted by molar-refractivity contribution is 5.82. The lowest BCUT2D eigenvalue weighted by atomic mass is 9.89. The number of hydrogen-bond donors (Lipinski definition) is 1. The highest BCUT2D eigenvalue weighted by Gasteiger charge is 2.58. The molecule has 1 aromatic rings. The van der Waals surface area contributed by atoms with Crippen LogP contribution < -0.4 is 5.32 Å². The average Bonchev–Trinajstić information content (AvgIpc) is 3.34. The van der Waals surface area contributed by atoms with Crippen molar-refractivity contribution in [3.63, 3.8) is 0 Å². The van der Waals surface area contributed by atoms with Gasteiger partial charge in [-0.15, -0.1) is 0 Å². The van der Waals surface area contributed by atoms with Gasteiger partial charge >= 0.3 is 0 Å². The Bertz CT molecular complexity index is 595. The molecule has 4 rings (SSSR count). The maximum Gasteiger partial charge on any atom is 0.226 e. The van der Waals surface area contributed by atoms with E-state index in [1.54, 1.807) is 0 Å². The fourth-order valence-corrected chi connectivity index (χ4v) is 4.96. The van der Waals surface area contributed by atoms with Crippen molar-refractivity contribution in [2.45, 2.75) is 51.9 Å². The number of likely N-dealkylation sites (tertiary alicyclic amines) is 1. The minimum absolute atomic E-state index is 0.346. The molecule has 2 aliphatic heterocycles. The maximum absolute atomic E-state index is 12.9. The predicted molar refractivity (Wildman–Crippen MR) is 101 cm³/mol. The number of carbonyl (C=O) groups excluding carboxylic acids is 1. The number of piperidine rings is 2. The molecule has 1 N–H and O–H groups in total. The fraction of sp³-hybridized carbons (Fsp3) is 0.682. The van der Waals surface area contributed by atoms with E-state index >= 15 is 0 Å². The van der Waals surface area contributed by atoms with Crippen molar-refractivity contribution in [3.8, 4) is 0 Å².